The molecule has 1 heterocycles. The van der Waals surface area contributed by atoms with E-state index in [0.29, 0.717) is 18.2 Å². The summed E-state index contributed by atoms with van der Waals surface area (Å²) in [5.74, 6) is 0.830. The summed E-state index contributed by atoms with van der Waals surface area (Å²) in [5.41, 5.74) is -0.0147. The lowest BCUT2D eigenvalue weighted by atomic mass is 9.93. The van der Waals surface area contributed by atoms with Gasteiger partial charge in [0.1, 0.15) is 0 Å². The Balaban J connectivity index is 2.44. The van der Waals surface area contributed by atoms with Crippen LogP contribution in [0.25, 0.3) is 0 Å². The summed E-state index contributed by atoms with van der Waals surface area (Å²) < 4.78 is 0. The molecule has 1 N–H and O–H groups in total. The van der Waals surface area contributed by atoms with Crippen molar-refractivity contribution in [3.63, 3.8) is 0 Å². The normalized spacial score (nSPS) is 21.9. The Kier molecular flexibility index (Phi) is 4.78. The Morgan fingerprint density at radius 3 is 2.69 bits per heavy atom. The Labute approximate surface area is 99.6 Å². The molecule has 1 aliphatic rings. The van der Waals surface area contributed by atoms with Gasteiger partial charge in [0.05, 0.1) is 0 Å². The van der Waals surface area contributed by atoms with Crippen molar-refractivity contribution in [2.24, 2.45) is 5.92 Å². The zero-order valence-electron chi connectivity index (χ0n) is 11.2. The van der Waals surface area contributed by atoms with Crippen molar-refractivity contribution in [2.75, 3.05) is 20.1 Å². The van der Waals surface area contributed by atoms with Gasteiger partial charge in [0.2, 0.25) is 5.91 Å². The number of hydrogen-bond donors (Lipinski definition) is 1. The Morgan fingerprint density at radius 1 is 1.50 bits per heavy atom. The van der Waals surface area contributed by atoms with Gasteiger partial charge in [-0.1, -0.05) is 6.92 Å². The molecule has 1 amide bonds. The minimum absolute atomic E-state index is 0.0147. The van der Waals surface area contributed by atoms with Crippen LogP contribution in [0.3, 0.4) is 0 Å². The molecule has 0 aliphatic carbocycles. The van der Waals surface area contributed by atoms with Crippen molar-refractivity contribution >= 4 is 5.91 Å². The number of carbonyl (C=O) groups excluding carboxylic acids is 1. The fraction of sp³-hybridized carbons (Fsp3) is 0.923. The fourth-order valence-corrected chi connectivity index (χ4v) is 2.06. The standard InChI is InChI=1S/C13H26N2O/c1-5-13(2,3)15(4)12(16)9-11-7-6-8-14-10-11/h11,14H,5-10H2,1-4H3. The van der Waals surface area contributed by atoms with E-state index < -0.39 is 0 Å². The number of carbonyl (C=O) groups is 1. The van der Waals surface area contributed by atoms with Gasteiger partial charge in [-0.05, 0) is 52.1 Å². The zero-order valence-corrected chi connectivity index (χ0v) is 11.2. The van der Waals surface area contributed by atoms with Crippen LogP contribution in [0.15, 0.2) is 0 Å². The first-order chi connectivity index (χ1) is 7.47. The van der Waals surface area contributed by atoms with Gasteiger partial charge in [-0.2, -0.15) is 0 Å². The third-order valence-corrected chi connectivity index (χ3v) is 4.01. The Morgan fingerprint density at radius 2 is 2.19 bits per heavy atom. The first-order valence-corrected chi connectivity index (χ1v) is 6.44. The molecule has 0 spiro atoms. The topological polar surface area (TPSA) is 32.3 Å². The lowest BCUT2D eigenvalue weighted by molar-refractivity contribution is -0.135. The van der Waals surface area contributed by atoms with Crippen LogP contribution in [0, 0.1) is 5.92 Å². The third kappa shape index (κ3) is 3.48. The highest BCUT2D eigenvalue weighted by molar-refractivity contribution is 5.77. The molecule has 1 atom stereocenters. The van der Waals surface area contributed by atoms with Crippen molar-refractivity contribution in [1.82, 2.24) is 10.2 Å². The van der Waals surface area contributed by atoms with Crippen molar-refractivity contribution in [2.45, 2.75) is 52.0 Å². The number of nitrogens with one attached hydrogen (secondary N) is 1. The highest BCUT2D eigenvalue weighted by Gasteiger charge is 2.27. The van der Waals surface area contributed by atoms with Crippen molar-refractivity contribution < 1.29 is 4.79 Å². The van der Waals surface area contributed by atoms with Crippen molar-refractivity contribution in [1.29, 1.82) is 0 Å². The first kappa shape index (κ1) is 13.5. The van der Waals surface area contributed by atoms with Gasteiger partial charge >= 0.3 is 0 Å². The Bertz CT molecular complexity index is 232. The number of piperidine rings is 1. The summed E-state index contributed by atoms with van der Waals surface area (Å²) in [6.45, 7) is 8.51. The molecule has 1 aliphatic heterocycles. The van der Waals surface area contributed by atoms with E-state index in [2.05, 4.69) is 26.1 Å². The monoisotopic (exact) mass is 226 g/mol. The lowest BCUT2D eigenvalue weighted by Crippen LogP contribution is -2.45. The van der Waals surface area contributed by atoms with E-state index in [-0.39, 0.29) is 5.54 Å². The molecular formula is C13H26N2O. The average molecular weight is 226 g/mol. The number of hydrogen-bond acceptors (Lipinski definition) is 2. The van der Waals surface area contributed by atoms with Crippen LogP contribution in [-0.4, -0.2) is 36.5 Å². The summed E-state index contributed by atoms with van der Waals surface area (Å²) in [6.07, 6.45) is 4.10. The first-order valence-electron chi connectivity index (χ1n) is 6.44. The molecule has 0 aromatic rings. The predicted octanol–water partition coefficient (Wildman–Crippen LogP) is 2.02. The fourth-order valence-electron chi connectivity index (χ4n) is 2.06. The highest BCUT2D eigenvalue weighted by atomic mass is 16.2. The number of amides is 1. The van der Waals surface area contributed by atoms with Gasteiger partial charge in [-0.3, -0.25) is 4.79 Å². The molecule has 0 aromatic heterocycles. The molecule has 0 radical (unpaired) electrons. The molecule has 0 aromatic carbocycles. The molecule has 0 bridgehead atoms. The summed E-state index contributed by atoms with van der Waals surface area (Å²) >= 11 is 0. The van der Waals surface area contributed by atoms with E-state index >= 15 is 0 Å². The van der Waals surface area contributed by atoms with E-state index in [9.17, 15) is 4.79 Å². The highest BCUT2D eigenvalue weighted by Crippen LogP contribution is 2.21. The second-order valence-corrected chi connectivity index (χ2v) is 5.54. The van der Waals surface area contributed by atoms with Gasteiger partial charge in [-0.15, -0.1) is 0 Å². The maximum Gasteiger partial charge on any atom is 0.223 e. The molecule has 1 saturated heterocycles. The van der Waals surface area contributed by atoms with Crippen LogP contribution < -0.4 is 5.32 Å². The van der Waals surface area contributed by atoms with E-state index in [1.165, 1.54) is 12.8 Å². The molecule has 3 heteroatoms. The molecule has 16 heavy (non-hydrogen) atoms. The van der Waals surface area contributed by atoms with E-state index in [1.807, 2.05) is 11.9 Å². The Hall–Kier alpha value is -0.570. The van der Waals surface area contributed by atoms with E-state index in [0.717, 1.165) is 19.5 Å². The van der Waals surface area contributed by atoms with Gasteiger partial charge in [0.15, 0.2) is 0 Å². The van der Waals surface area contributed by atoms with Crippen LogP contribution in [0.5, 0.6) is 0 Å². The molecule has 1 rings (SSSR count). The molecule has 0 saturated carbocycles. The van der Waals surface area contributed by atoms with Crippen LogP contribution in [-0.2, 0) is 4.79 Å². The summed E-state index contributed by atoms with van der Waals surface area (Å²) in [7, 11) is 1.93. The van der Waals surface area contributed by atoms with Crippen LogP contribution in [0.1, 0.15) is 46.5 Å². The molecule has 94 valence electrons. The maximum absolute atomic E-state index is 12.1. The zero-order chi connectivity index (χ0) is 12.2. The summed E-state index contributed by atoms with van der Waals surface area (Å²) in [6, 6.07) is 0. The number of nitrogens with zero attached hydrogens (tertiary/aromatic N) is 1. The molecular weight excluding hydrogens is 200 g/mol. The van der Waals surface area contributed by atoms with E-state index in [1.54, 1.807) is 0 Å². The molecule has 1 fully saturated rings. The van der Waals surface area contributed by atoms with E-state index in [4.69, 9.17) is 0 Å². The number of rotatable bonds is 4. The molecule has 1 unspecified atom stereocenters. The smallest absolute Gasteiger partial charge is 0.223 e. The van der Waals surface area contributed by atoms with Gasteiger partial charge < -0.3 is 10.2 Å². The van der Waals surface area contributed by atoms with Crippen molar-refractivity contribution in [3.8, 4) is 0 Å². The van der Waals surface area contributed by atoms with Crippen LogP contribution in [0.4, 0.5) is 0 Å². The van der Waals surface area contributed by atoms with Crippen LogP contribution >= 0.6 is 0 Å². The van der Waals surface area contributed by atoms with Gasteiger partial charge in [-0.25, -0.2) is 0 Å². The lowest BCUT2D eigenvalue weighted by Gasteiger charge is -2.36. The largest absolute Gasteiger partial charge is 0.341 e. The maximum atomic E-state index is 12.1. The van der Waals surface area contributed by atoms with Crippen LogP contribution in [0.2, 0.25) is 0 Å². The minimum atomic E-state index is -0.0147. The SMILES string of the molecule is CCC(C)(C)N(C)C(=O)CC1CCCNC1. The second kappa shape index (κ2) is 5.67. The average Bonchev–Trinajstić information content (AvgIpc) is 2.29. The summed E-state index contributed by atoms with van der Waals surface area (Å²) in [5, 5.41) is 3.36. The second-order valence-electron chi connectivity index (χ2n) is 5.54. The van der Waals surface area contributed by atoms with Gasteiger partial charge in [0, 0.05) is 19.0 Å². The quantitative estimate of drug-likeness (QED) is 0.795. The molecule has 3 nitrogen and oxygen atoms in total. The minimum Gasteiger partial charge on any atom is -0.341 e. The van der Waals surface area contributed by atoms with Crippen molar-refractivity contribution in [3.05, 3.63) is 0 Å². The third-order valence-electron chi connectivity index (χ3n) is 4.01. The summed E-state index contributed by atoms with van der Waals surface area (Å²) in [4.78, 5) is 14.0. The predicted molar refractivity (Wildman–Crippen MR) is 67.4 cm³/mol. The van der Waals surface area contributed by atoms with Gasteiger partial charge in [0.25, 0.3) is 0 Å².